The van der Waals surface area contributed by atoms with Gasteiger partial charge in [0, 0.05) is 24.5 Å². The molecule has 0 bridgehead atoms. The van der Waals surface area contributed by atoms with E-state index in [1.165, 1.54) is 19.3 Å². The lowest BCUT2D eigenvalue weighted by molar-refractivity contribution is 0.418. The van der Waals surface area contributed by atoms with Gasteiger partial charge in [-0.1, -0.05) is 6.42 Å². The van der Waals surface area contributed by atoms with Gasteiger partial charge in [-0.05, 0) is 25.7 Å². The largest absolute Gasteiger partial charge is 0.329 e. The highest BCUT2D eigenvalue weighted by molar-refractivity contribution is 5.85. The van der Waals surface area contributed by atoms with Crippen LogP contribution in [0, 0.1) is 0 Å². The van der Waals surface area contributed by atoms with Crippen LogP contribution in [0.4, 0.5) is 0 Å². The maximum Gasteiger partial charge on any atom is 0.329 e. The highest BCUT2D eigenvalue weighted by Gasteiger charge is 2.27. The standard InChI is InChI=1S/C8H8N4O.C4H9N.ClH/c13-8-11-6-7(10-4-3-9-6)12(8)5-1-2-5;5-4-2-1-3-4;/h3-5H,1-2H2,(H,9,11,13);4H,1-3,5H2;1H. The summed E-state index contributed by atoms with van der Waals surface area (Å²) in [5, 5.41) is 0. The first-order chi connectivity index (χ1) is 8.75. The van der Waals surface area contributed by atoms with E-state index in [1.54, 1.807) is 17.0 Å². The molecule has 0 amide bonds. The third kappa shape index (κ3) is 2.96. The summed E-state index contributed by atoms with van der Waals surface area (Å²) in [6.07, 6.45) is 9.22. The number of nitrogens with two attached hydrogens (primary N) is 1. The van der Waals surface area contributed by atoms with E-state index in [2.05, 4.69) is 15.0 Å². The number of aromatic amines is 1. The minimum atomic E-state index is -0.0938. The van der Waals surface area contributed by atoms with Crippen molar-refractivity contribution in [1.82, 2.24) is 19.5 Å². The molecule has 2 heterocycles. The molecule has 2 aromatic rings. The minimum absolute atomic E-state index is 0. The number of aromatic nitrogens is 4. The summed E-state index contributed by atoms with van der Waals surface area (Å²) in [4.78, 5) is 22.3. The second kappa shape index (κ2) is 5.71. The molecule has 19 heavy (non-hydrogen) atoms. The second-order valence-electron chi connectivity index (χ2n) is 4.95. The fourth-order valence-corrected chi connectivity index (χ4v) is 1.96. The zero-order valence-electron chi connectivity index (χ0n) is 10.6. The SMILES string of the molecule is Cl.NC1CCC1.O=c1[nH]c2nccnc2n1C1CC1. The van der Waals surface area contributed by atoms with Gasteiger partial charge in [0.1, 0.15) is 0 Å². The molecule has 2 aliphatic carbocycles. The number of halogens is 1. The molecule has 7 heteroatoms. The van der Waals surface area contributed by atoms with Crippen molar-refractivity contribution in [3.63, 3.8) is 0 Å². The monoisotopic (exact) mass is 283 g/mol. The van der Waals surface area contributed by atoms with Crippen molar-refractivity contribution in [2.45, 2.75) is 44.2 Å². The quantitative estimate of drug-likeness (QED) is 0.827. The fraction of sp³-hybridized carbons (Fsp3) is 0.583. The van der Waals surface area contributed by atoms with E-state index in [-0.39, 0.29) is 18.1 Å². The van der Waals surface area contributed by atoms with Crippen LogP contribution in [0.5, 0.6) is 0 Å². The molecule has 4 rings (SSSR count). The number of imidazole rings is 1. The van der Waals surface area contributed by atoms with Crippen LogP contribution in [0.3, 0.4) is 0 Å². The first kappa shape index (κ1) is 14.0. The molecular formula is C12H18ClN5O. The Morgan fingerprint density at radius 1 is 1.21 bits per heavy atom. The van der Waals surface area contributed by atoms with Crippen molar-refractivity contribution >= 4 is 23.7 Å². The van der Waals surface area contributed by atoms with E-state index in [9.17, 15) is 4.79 Å². The van der Waals surface area contributed by atoms with Crippen LogP contribution >= 0.6 is 12.4 Å². The van der Waals surface area contributed by atoms with Gasteiger partial charge >= 0.3 is 5.69 Å². The van der Waals surface area contributed by atoms with Crippen LogP contribution in [0.2, 0.25) is 0 Å². The first-order valence-corrected chi connectivity index (χ1v) is 6.42. The van der Waals surface area contributed by atoms with Crippen LogP contribution in [0.1, 0.15) is 38.1 Å². The van der Waals surface area contributed by atoms with Crippen molar-refractivity contribution in [1.29, 1.82) is 0 Å². The lowest BCUT2D eigenvalue weighted by Gasteiger charge is -2.18. The molecule has 0 unspecified atom stereocenters. The first-order valence-electron chi connectivity index (χ1n) is 6.42. The third-order valence-corrected chi connectivity index (χ3v) is 3.41. The van der Waals surface area contributed by atoms with E-state index in [0.29, 0.717) is 23.4 Å². The van der Waals surface area contributed by atoms with Crippen molar-refractivity contribution in [3.05, 3.63) is 22.9 Å². The number of H-pyrrole nitrogens is 1. The molecule has 0 aromatic carbocycles. The molecule has 3 N–H and O–H groups in total. The predicted molar refractivity (Wildman–Crippen MR) is 75.5 cm³/mol. The highest BCUT2D eigenvalue weighted by atomic mass is 35.5. The van der Waals surface area contributed by atoms with E-state index >= 15 is 0 Å². The predicted octanol–water partition coefficient (Wildman–Crippen LogP) is 1.37. The summed E-state index contributed by atoms with van der Waals surface area (Å²) in [7, 11) is 0. The highest BCUT2D eigenvalue weighted by Crippen LogP contribution is 2.34. The zero-order chi connectivity index (χ0) is 12.5. The van der Waals surface area contributed by atoms with Gasteiger partial charge in [0.25, 0.3) is 0 Å². The molecule has 6 nitrogen and oxygen atoms in total. The topological polar surface area (TPSA) is 89.6 Å². The molecule has 0 aliphatic heterocycles. The van der Waals surface area contributed by atoms with Crippen LogP contribution < -0.4 is 11.4 Å². The summed E-state index contributed by atoms with van der Waals surface area (Å²) in [5.41, 5.74) is 6.54. The Kier molecular flexibility index (Phi) is 4.21. The molecule has 0 spiro atoms. The fourth-order valence-electron chi connectivity index (χ4n) is 1.96. The molecule has 104 valence electrons. The van der Waals surface area contributed by atoms with E-state index in [0.717, 1.165) is 12.8 Å². The van der Waals surface area contributed by atoms with Crippen molar-refractivity contribution in [2.75, 3.05) is 0 Å². The Balaban J connectivity index is 0.000000190. The number of fused-ring (bicyclic) bond motifs is 1. The second-order valence-corrected chi connectivity index (χ2v) is 4.95. The number of nitrogens with zero attached hydrogens (tertiary/aromatic N) is 3. The summed E-state index contributed by atoms with van der Waals surface area (Å²) < 4.78 is 1.70. The number of hydrogen-bond acceptors (Lipinski definition) is 4. The van der Waals surface area contributed by atoms with E-state index in [4.69, 9.17) is 5.73 Å². The maximum atomic E-state index is 11.4. The Bertz CT molecular complexity index is 599. The number of hydrogen-bond donors (Lipinski definition) is 2. The molecule has 0 atom stereocenters. The van der Waals surface area contributed by atoms with Crippen LogP contribution in [-0.2, 0) is 0 Å². The number of rotatable bonds is 1. The van der Waals surface area contributed by atoms with Crippen LogP contribution in [0.25, 0.3) is 11.3 Å². The Labute approximate surface area is 116 Å². The molecule has 0 saturated heterocycles. The van der Waals surface area contributed by atoms with Crippen molar-refractivity contribution in [3.8, 4) is 0 Å². The average molecular weight is 284 g/mol. The molecule has 2 saturated carbocycles. The molecule has 2 aromatic heterocycles. The van der Waals surface area contributed by atoms with Crippen LogP contribution in [0.15, 0.2) is 17.2 Å². The van der Waals surface area contributed by atoms with Gasteiger partial charge < -0.3 is 5.73 Å². The van der Waals surface area contributed by atoms with Gasteiger partial charge in [-0.2, -0.15) is 0 Å². The Morgan fingerprint density at radius 3 is 2.37 bits per heavy atom. The Morgan fingerprint density at radius 2 is 1.84 bits per heavy atom. The summed E-state index contributed by atoms with van der Waals surface area (Å²) in [6, 6.07) is 0.910. The Hall–Kier alpha value is -1.40. The average Bonchev–Trinajstić information content (AvgIpc) is 3.10. The smallest absolute Gasteiger partial charge is 0.328 e. The van der Waals surface area contributed by atoms with Gasteiger partial charge in [0.2, 0.25) is 0 Å². The van der Waals surface area contributed by atoms with E-state index < -0.39 is 0 Å². The minimum Gasteiger partial charge on any atom is -0.328 e. The summed E-state index contributed by atoms with van der Waals surface area (Å²) in [6.45, 7) is 0. The van der Waals surface area contributed by atoms with Gasteiger partial charge in [-0.3, -0.25) is 9.55 Å². The lowest BCUT2D eigenvalue weighted by Crippen LogP contribution is -2.27. The third-order valence-electron chi connectivity index (χ3n) is 3.41. The summed E-state index contributed by atoms with van der Waals surface area (Å²) >= 11 is 0. The van der Waals surface area contributed by atoms with Gasteiger partial charge in [0.15, 0.2) is 11.3 Å². The molecule has 2 aliphatic rings. The van der Waals surface area contributed by atoms with Gasteiger partial charge in [0.05, 0.1) is 0 Å². The van der Waals surface area contributed by atoms with Crippen molar-refractivity contribution in [2.24, 2.45) is 5.73 Å². The number of nitrogens with one attached hydrogen (secondary N) is 1. The van der Waals surface area contributed by atoms with E-state index in [1.807, 2.05) is 0 Å². The molecule has 0 radical (unpaired) electrons. The molecule has 2 fully saturated rings. The molecular weight excluding hydrogens is 266 g/mol. The summed E-state index contributed by atoms with van der Waals surface area (Å²) in [5.74, 6) is 0. The lowest BCUT2D eigenvalue weighted by atomic mass is 9.95. The van der Waals surface area contributed by atoms with Crippen molar-refractivity contribution < 1.29 is 0 Å². The maximum absolute atomic E-state index is 11.4. The normalized spacial score (nSPS) is 18.2. The zero-order valence-corrected chi connectivity index (χ0v) is 11.4. The van der Waals surface area contributed by atoms with Crippen LogP contribution in [-0.4, -0.2) is 25.6 Å². The van der Waals surface area contributed by atoms with Gasteiger partial charge in [-0.15, -0.1) is 12.4 Å². The van der Waals surface area contributed by atoms with Gasteiger partial charge in [-0.25, -0.2) is 14.8 Å².